The van der Waals surface area contributed by atoms with Crippen molar-refractivity contribution in [3.8, 4) is 33.4 Å². The lowest BCUT2D eigenvalue weighted by Gasteiger charge is -2.19. The molecule has 0 bridgehead atoms. The van der Waals surface area contributed by atoms with Crippen molar-refractivity contribution in [1.29, 1.82) is 0 Å². The molecule has 0 saturated heterocycles. The number of carbonyl (C=O) groups is 6. The molecule has 0 aliphatic carbocycles. The van der Waals surface area contributed by atoms with Crippen LogP contribution in [0.15, 0.2) is 237 Å². The Morgan fingerprint density at radius 3 is 0.939 bits per heavy atom. The van der Waals surface area contributed by atoms with E-state index in [-0.39, 0.29) is 46.4 Å². The molecule has 0 radical (unpaired) electrons. The van der Waals surface area contributed by atoms with E-state index < -0.39 is 0 Å². The van der Waals surface area contributed by atoms with Gasteiger partial charge in [0.2, 0.25) is 0 Å². The number of ether oxygens (including phenoxy) is 3. The molecule has 3 N–H and O–H groups in total. The molecule has 0 unspecified atom stereocenters. The van der Waals surface area contributed by atoms with Gasteiger partial charge in [-0.1, -0.05) is 208 Å². The number of Topliss-reactive ketones (excluding diaryl/α,β-unsaturated/α-hetero) is 3. The summed E-state index contributed by atoms with van der Waals surface area (Å²) in [5.74, 6) is 0.301. The van der Waals surface area contributed by atoms with Gasteiger partial charge < -0.3 is 30.2 Å². The Morgan fingerprint density at radius 1 is 0.351 bits per heavy atom. The van der Waals surface area contributed by atoms with Gasteiger partial charge >= 0.3 is 0 Å². The summed E-state index contributed by atoms with van der Waals surface area (Å²) in [5.41, 5.74) is 18.9. The Hall–Kier alpha value is -11.5. The second kappa shape index (κ2) is 43.0. The minimum absolute atomic E-state index is 0.112. The molecule has 3 amide bonds. The Labute approximate surface area is 672 Å². The lowest BCUT2D eigenvalue weighted by Crippen LogP contribution is -2.27. The quantitative estimate of drug-likeness (QED) is 0.0251. The van der Waals surface area contributed by atoms with E-state index in [9.17, 15) is 28.8 Å². The van der Waals surface area contributed by atoms with Crippen LogP contribution in [0.5, 0.6) is 0 Å². The summed E-state index contributed by atoms with van der Waals surface area (Å²) >= 11 is 0. The van der Waals surface area contributed by atoms with Crippen LogP contribution >= 0.6 is 0 Å². The van der Waals surface area contributed by atoms with Crippen molar-refractivity contribution >= 4 is 67.8 Å². The van der Waals surface area contributed by atoms with Gasteiger partial charge in [0.1, 0.15) is 0 Å². The molecule has 3 aromatic heterocycles. The molecule has 114 heavy (non-hydrogen) atoms. The molecule has 588 valence electrons. The second-order valence-corrected chi connectivity index (χ2v) is 30.3. The van der Waals surface area contributed by atoms with Crippen LogP contribution < -0.4 is 16.0 Å². The molecule has 9 aromatic carbocycles. The third-order valence-electron chi connectivity index (χ3n) is 19.4. The van der Waals surface area contributed by atoms with E-state index in [0.29, 0.717) is 131 Å². The molecule has 0 fully saturated rings. The van der Waals surface area contributed by atoms with Crippen molar-refractivity contribution in [1.82, 2.24) is 30.9 Å². The molecule has 0 aliphatic rings. The van der Waals surface area contributed by atoms with Gasteiger partial charge in [-0.15, -0.1) is 0 Å². The summed E-state index contributed by atoms with van der Waals surface area (Å²) in [4.78, 5) is 91.0. The maximum Gasteiger partial charge on any atom is 0.251 e. The monoisotopic (exact) mass is 1520 g/mol. The van der Waals surface area contributed by atoms with Crippen molar-refractivity contribution in [2.45, 2.75) is 127 Å². The Balaban J connectivity index is 0.000000181. The number of rotatable bonds is 35. The number of benzene rings is 9. The van der Waals surface area contributed by atoms with Crippen LogP contribution in [-0.4, -0.2) is 109 Å². The van der Waals surface area contributed by atoms with Gasteiger partial charge in [-0.3, -0.25) is 43.7 Å². The zero-order chi connectivity index (χ0) is 80.8. The number of carbonyl (C=O) groups excluding carboxylic acids is 6. The SMILES string of the molecule is CCCOCCNC(=O)c1ccc(-c2ccc3ncc(C(=O)CC(C)(C)C)c(Cc4ccccc4)c3c2)cc1.CCCOCCNC(=O)c1ccc(-c2ccc3ncc(C(=O)CC(C)C)c(Cc4ccccc4)c3c2)cc1.CCCOCCNC(=O)c1ccc(-c2ccc3ncc(C(=O)CCC)c(Cc4ccccc4)c3c2)cc1. The molecule has 15 nitrogen and oxygen atoms in total. The number of ketones is 3. The maximum absolute atomic E-state index is 13.4. The second-order valence-electron chi connectivity index (χ2n) is 30.3. The summed E-state index contributed by atoms with van der Waals surface area (Å²) in [6.07, 6.45) is 12.3. The largest absolute Gasteiger partial charge is 0.380 e. The number of pyridine rings is 3. The number of hydrogen-bond acceptors (Lipinski definition) is 12. The molecular weight excluding hydrogens is 1420 g/mol. The highest BCUT2D eigenvalue weighted by Crippen LogP contribution is 2.35. The lowest BCUT2D eigenvalue weighted by atomic mass is 9.85. The van der Waals surface area contributed by atoms with Gasteiger partial charge in [-0.05, 0) is 196 Å². The van der Waals surface area contributed by atoms with Crippen LogP contribution in [0, 0.1) is 11.3 Å². The molecule has 0 aliphatic heterocycles. The summed E-state index contributed by atoms with van der Waals surface area (Å²) in [5, 5.41) is 11.6. The van der Waals surface area contributed by atoms with E-state index in [1.807, 2.05) is 171 Å². The average molecular weight is 1530 g/mol. The maximum atomic E-state index is 13.4. The smallest absolute Gasteiger partial charge is 0.251 e. The minimum atomic E-state index is -0.117. The van der Waals surface area contributed by atoms with Crippen molar-refractivity contribution in [3.05, 3.63) is 304 Å². The first-order chi connectivity index (χ1) is 55.3. The highest BCUT2D eigenvalue weighted by atomic mass is 16.5. The molecule has 12 rings (SSSR count). The highest BCUT2D eigenvalue weighted by Gasteiger charge is 2.24. The fourth-order valence-electron chi connectivity index (χ4n) is 13.6. The van der Waals surface area contributed by atoms with E-state index in [1.54, 1.807) is 18.6 Å². The third-order valence-corrected chi connectivity index (χ3v) is 19.4. The van der Waals surface area contributed by atoms with Crippen LogP contribution in [-0.2, 0) is 33.5 Å². The predicted octanol–water partition coefficient (Wildman–Crippen LogP) is 20.8. The number of amides is 3. The fourth-order valence-corrected chi connectivity index (χ4v) is 13.6. The summed E-state index contributed by atoms with van der Waals surface area (Å²) in [6.45, 7) is 23.6. The molecular formula is C99H108N6O9. The van der Waals surface area contributed by atoms with Gasteiger partial charge in [-0.25, -0.2) is 0 Å². The lowest BCUT2D eigenvalue weighted by molar-refractivity contribution is 0.0909. The average Bonchev–Trinajstić information content (AvgIpc) is 0.786. The van der Waals surface area contributed by atoms with Crippen molar-refractivity contribution in [2.24, 2.45) is 11.3 Å². The molecule has 0 saturated carbocycles. The third kappa shape index (κ3) is 24.5. The minimum Gasteiger partial charge on any atom is -0.380 e. The van der Waals surface area contributed by atoms with Crippen molar-refractivity contribution in [2.75, 3.05) is 59.3 Å². The van der Waals surface area contributed by atoms with E-state index in [0.717, 1.165) is 125 Å². The first kappa shape index (κ1) is 84.9. The van der Waals surface area contributed by atoms with Crippen molar-refractivity contribution < 1.29 is 43.0 Å². The van der Waals surface area contributed by atoms with E-state index in [1.165, 1.54) is 0 Å². The Kier molecular flexibility index (Phi) is 32.0. The van der Waals surface area contributed by atoms with E-state index >= 15 is 0 Å². The fraction of sp³-hybridized carbons (Fsp3) is 0.303. The first-order valence-corrected chi connectivity index (χ1v) is 40.2. The van der Waals surface area contributed by atoms with Crippen LogP contribution in [0.4, 0.5) is 0 Å². The number of nitrogens with one attached hydrogen (secondary N) is 3. The topological polar surface area (TPSA) is 205 Å². The number of fused-ring (bicyclic) bond motifs is 3. The highest BCUT2D eigenvalue weighted by molar-refractivity contribution is 6.05. The predicted molar refractivity (Wildman–Crippen MR) is 461 cm³/mol. The van der Waals surface area contributed by atoms with E-state index in [2.05, 4.69) is 141 Å². The number of aromatic nitrogens is 3. The van der Waals surface area contributed by atoms with Crippen LogP contribution in [0.3, 0.4) is 0 Å². The Bertz CT molecular complexity index is 5180. The molecule has 15 heteroatoms. The molecule has 3 heterocycles. The first-order valence-electron chi connectivity index (χ1n) is 40.2. The number of hydrogen-bond donors (Lipinski definition) is 3. The van der Waals surface area contributed by atoms with Gasteiger partial charge in [-0.2, -0.15) is 0 Å². The summed E-state index contributed by atoms with van der Waals surface area (Å²) < 4.78 is 16.3. The van der Waals surface area contributed by atoms with Gasteiger partial charge in [0, 0.05) is 127 Å². The zero-order valence-corrected chi connectivity index (χ0v) is 67.5. The normalized spacial score (nSPS) is 11.2. The standard InChI is InChI=1S/C34H38N2O3.C33H36N2O3.C32H34N2O3/c1-5-18-39-19-17-35-33(38)26-13-11-25(12-14-26)27-15-16-31-29(21-27)28(20-24-9-7-6-8-10-24)30(23-36-31)32(37)22-34(2,3)4;1-4-17-38-18-16-34-33(37)26-12-10-25(11-13-26)27-14-15-31-29(21-27)28(20-24-8-6-5-7-9-24)30(22-35-31)32(36)19-23(2)3;1-3-8-31(35)29-22-34-30-16-15-26(21-28(30)27(29)20-23-9-6-5-7-10-23)24-11-13-25(14-12-24)32(36)33-17-19-37-18-4-2/h6-16,21,23H,5,17-20,22H2,1-4H3,(H,35,38);5-15,21-23H,4,16-20H2,1-3H3,(H,34,37);5-7,9-16,21-22H,3-4,8,17-20H2,1-2H3,(H,33,36). The molecule has 0 spiro atoms. The molecule has 0 atom stereocenters. The molecule has 12 aromatic rings. The summed E-state index contributed by atoms with van der Waals surface area (Å²) in [6, 6.07) is 72.0. The van der Waals surface area contributed by atoms with Gasteiger partial charge in [0.15, 0.2) is 17.3 Å². The van der Waals surface area contributed by atoms with Crippen LogP contribution in [0.1, 0.15) is 203 Å². The summed E-state index contributed by atoms with van der Waals surface area (Å²) in [7, 11) is 0. The van der Waals surface area contributed by atoms with Gasteiger partial charge in [0.25, 0.3) is 17.7 Å². The van der Waals surface area contributed by atoms with Crippen molar-refractivity contribution in [3.63, 3.8) is 0 Å². The van der Waals surface area contributed by atoms with Crippen LogP contribution in [0.25, 0.3) is 66.1 Å². The van der Waals surface area contributed by atoms with Gasteiger partial charge in [0.05, 0.1) is 36.4 Å². The van der Waals surface area contributed by atoms with E-state index in [4.69, 9.17) is 14.2 Å². The zero-order valence-electron chi connectivity index (χ0n) is 67.5. The van der Waals surface area contributed by atoms with Crippen LogP contribution in [0.2, 0.25) is 0 Å². The Morgan fingerprint density at radius 2 is 0.649 bits per heavy atom. The number of nitrogens with zero attached hydrogens (tertiary/aromatic N) is 3.